The SMILES string of the molecule is CS(=O)(=O)c1cccc(Oc2cc(CN)c(Cl)cn2)c1. The molecule has 1 aromatic carbocycles. The van der Waals surface area contributed by atoms with Crippen molar-refractivity contribution in [3.63, 3.8) is 0 Å². The molecule has 0 radical (unpaired) electrons. The lowest BCUT2D eigenvalue weighted by Gasteiger charge is -2.08. The maximum atomic E-state index is 11.5. The van der Waals surface area contributed by atoms with Crippen molar-refractivity contribution < 1.29 is 13.2 Å². The Morgan fingerprint density at radius 3 is 2.75 bits per heavy atom. The van der Waals surface area contributed by atoms with Crippen LogP contribution in [0.1, 0.15) is 5.56 Å². The molecule has 7 heteroatoms. The minimum absolute atomic E-state index is 0.183. The first-order valence-corrected chi connectivity index (χ1v) is 7.99. The molecule has 0 aliphatic rings. The van der Waals surface area contributed by atoms with Gasteiger partial charge in [-0.15, -0.1) is 0 Å². The van der Waals surface area contributed by atoms with E-state index in [1.165, 1.54) is 18.3 Å². The molecule has 0 spiro atoms. The summed E-state index contributed by atoms with van der Waals surface area (Å²) in [5, 5.41) is 0.463. The van der Waals surface area contributed by atoms with E-state index in [1.54, 1.807) is 18.2 Å². The Balaban J connectivity index is 2.31. The molecule has 5 nitrogen and oxygen atoms in total. The van der Waals surface area contributed by atoms with E-state index in [4.69, 9.17) is 22.1 Å². The second-order valence-electron chi connectivity index (χ2n) is 4.17. The Labute approximate surface area is 122 Å². The van der Waals surface area contributed by atoms with Gasteiger partial charge in [0.25, 0.3) is 0 Å². The highest BCUT2D eigenvalue weighted by Gasteiger charge is 2.09. The van der Waals surface area contributed by atoms with Crippen molar-refractivity contribution in [2.24, 2.45) is 5.73 Å². The van der Waals surface area contributed by atoms with E-state index < -0.39 is 9.84 Å². The molecular formula is C13H13ClN2O3S. The summed E-state index contributed by atoms with van der Waals surface area (Å²) in [5.41, 5.74) is 6.25. The van der Waals surface area contributed by atoms with Gasteiger partial charge in [0.05, 0.1) is 9.92 Å². The molecule has 20 heavy (non-hydrogen) atoms. The Bertz CT molecular complexity index is 732. The zero-order valence-corrected chi connectivity index (χ0v) is 12.3. The Kier molecular flexibility index (Phi) is 4.27. The predicted molar refractivity (Wildman–Crippen MR) is 76.8 cm³/mol. The molecule has 106 valence electrons. The van der Waals surface area contributed by atoms with Gasteiger partial charge in [-0.25, -0.2) is 13.4 Å². The summed E-state index contributed by atoms with van der Waals surface area (Å²) < 4.78 is 28.5. The minimum Gasteiger partial charge on any atom is -0.439 e. The van der Waals surface area contributed by atoms with Crippen LogP contribution in [0.25, 0.3) is 0 Å². The van der Waals surface area contributed by atoms with Gasteiger partial charge in [0, 0.05) is 25.1 Å². The molecule has 0 atom stereocenters. The lowest BCUT2D eigenvalue weighted by molar-refractivity contribution is 0.460. The number of halogens is 1. The summed E-state index contributed by atoms with van der Waals surface area (Å²) in [5.74, 6) is 0.686. The highest BCUT2D eigenvalue weighted by Crippen LogP contribution is 2.25. The van der Waals surface area contributed by atoms with E-state index in [2.05, 4.69) is 4.98 Å². The maximum Gasteiger partial charge on any atom is 0.219 e. The third kappa shape index (κ3) is 3.47. The van der Waals surface area contributed by atoms with Crippen LogP contribution in [0, 0.1) is 0 Å². The average Bonchev–Trinajstić information content (AvgIpc) is 2.40. The molecule has 0 aliphatic heterocycles. The van der Waals surface area contributed by atoms with Crippen molar-refractivity contribution in [1.82, 2.24) is 4.98 Å². The quantitative estimate of drug-likeness (QED) is 0.937. The molecule has 1 heterocycles. The summed E-state index contributed by atoms with van der Waals surface area (Å²) in [7, 11) is -3.28. The number of rotatable bonds is 4. The van der Waals surface area contributed by atoms with Crippen molar-refractivity contribution in [2.45, 2.75) is 11.4 Å². The van der Waals surface area contributed by atoms with E-state index in [1.807, 2.05) is 0 Å². The van der Waals surface area contributed by atoms with Crippen LogP contribution in [0.15, 0.2) is 41.4 Å². The van der Waals surface area contributed by atoms with Crippen molar-refractivity contribution in [3.05, 3.63) is 47.1 Å². The molecule has 0 saturated heterocycles. The Morgan fingerprint density at radius 1 is 1.35 bits per heavy atom. The largest absolute Gasteiger partial charge is 0.439 e. The van der Waals surface area contributed by atoms with E-state index in [9.17, 15) is 8.42 Å². The fraction of sp³-hybridized carbons (Fsp3) is 0.154. The van der Waals surface area contributed by atoms with Gasteiger partial charge in [0.1, 0.15) is 5.75 Å². The standard InChI is InChI=1S/C13H13ClN2O3S/c1-20(17,18)11-4-2-3-10(6-11)19-13-5-9(7-15)12(14)8-16-13/h2-6,8H,7,15H2,1H3. The second kappa shape index (κ2) is 5.78. The topological polar surface area (TPSA) is 82.3 Å². The van der Waals surface area contributed by atoms with Crippen LogP contribution in [0.3, 0.4) is 0 Å². The van der Waals surface area contributed by atoms with Gasteiger partial charge < -0.3 is 10.5 Å². The summed E-state index contributed by atoms with van der Waals surface area (Å²) in [4.78, 5) is 4.20. The number of aromatic nitrogens is 1. The number of ether oxygens (including phenoxy) is 1. The Morgan fingerprint density at radius 2 is 2.10 bits per heavy atom. The number of nitrogens with zero attached hydrogens (tertiary/aromatic N) is 1. The van der Waals surface area contributed by atoms with Gasteiger partial charge in [-0.05, 0) is 23.8 Å². The first kappa shape index (κ1) is 14.8. The van der Waals surface area contributed by atoms with E-state index in [0.29, 0.717) is 22.2 Å². The third-order valence-electron chi connectivity index (χ3n) is 2.59. The molecule has 2 aromatic rings. The first-order valence-electron chi connectivity index (χ1n) is 5.72. The highest BCUT2D eigenvalue weighted by atomic mass is 35.5. The summed E-state index contributed by atoms with van der Waals surface area (Å²) in [6.45, 7) is 0.265. The lowest BCUT2D eigenvalue weighted by Crippen LogP contribution is -2.00. The normalized spacial score (nSPS) is 11.3. The smallest absolute Gasteiger partial charge is 0.219 e. The fourth-order valence-corrected chi connectivity index (χ4v) is 2.40. The molecular weight excluding hydrogens is 300 g/mol. The van der Waals surface area contributed by atoms with Gasteiger partial charge in [0.2, 0.25) is 5.88 Å². The van der Waals surface area contributed by atoms with Crippen LogP contribution < -0.4 is 10.5 Å². The molecule has 0 unspecified atom stereocenters. The van der Waals surface area contributed by atoms with Crippen molar-refractivity contribution in [1.29, 1.82) is 0 Å². The van der Waals surface area contributed by atoms with Crippen LogP contribution >= 0.6 is 11.6 Å². The van der Waals surface area contributed by atoms with Gasteiger partial charge in [-0.3, -0.25) is 0 Å². The highest BCUT2D eigenvalue weighted by molar-refractivity contribution is 7.90. The van der Waals surface area contributed by atoms with Gasteiger partial charge in [0.15, 0.2) is 9.84 Å². The minimum atomic E-state index is -3.28. The second-order valence-corrected chi connectivity index (χ2v) is 6.59. The molecule has 1 aromatic heterocycles. The molecule has 0 amide bonds. The molecule has 2 N–H and O–H groups in total. The maximum absolute atomic E-state index is 11.5. The number of benzene rings is 1. The number of hydrogen-bond acceptors (Lipinski definition) is 5. The van der Waals surface area contributed by atoms with Crippen molar-refractivity contribution >= 4 is 21.4 Å². The van der Waals surface area contributed by atoms with Crippen molar-refractivity contribution in [3.8, 4) is 11.6 Å². The summed E-state index contributed by atoms with van der Waals surface area (Å²) in [6, 6.07) is 7.81. The third-order valence-corrected chi connectivity index (χ3v) is 4.04. The van der Waals surface area contributed by atoms with Gasteiger partial charge in [-0.1, -0.05) is 17.7 Å². The number of sulfone groups is 1. The molecule has 2 rings (SSSR count). The summed E-state index contributed by atoms with van der Waals surface area (Å²) in [6.07, 6.45) is 2.58. The molecule has 0 aliphatic carbocycles. The lowest BCUT2D eigenvalue weighted by atomic mass is 10.2. The Hall–Kier alpha value is -1.63. The zero-order valence-electron chi connectivity index (χ0n) is 10.7. The average molecular weight is 313 g/mol. The van der Waals surface area contributed by atoms with Crippen molar-refractivity contribution in [2.75, 3.05) is 6.26 Å². The first-order chi connectivity index (χ1) is 9.40. The number of nitrogens with two attached hydrogens (primary N) is 1. The van der Waals surface area contributed by atoms with Crippen LogP contribution in [0.4, 0.5) is 0 Å². The molecule has 0 saturated carbocycles. The number of pyridine rings is 1. The fourth-order valence-electron chi connectivity index (χ4n) is 1.56. The van der Waals surface area contributed by atoms with Crippen LogP contribution in [0.5, 0.6) is 11.6 Å². The van der Waals surface area contributed by atoms with E-state index >= 15 is 0 Å². The van der Waals surface area contributed by atoms with Crippen LogP contribution in [0.2, 0.25) is 5.02 Å². The number of hydrogen-bond donors (Lipinski definition) is 1. The molecule has 0 bridgehead atoms. The van der Waals surface area contributed by atoms with E-state index in [-0.39, 0.29) is 11.4 Å². The van der Waals surface area contributed by atoms with Crippen LogP contribution in [-0.4, -0.2) is 19.7 Å². The van der Waals surface area contributed by atoms with E-state index in [0.717, 1.165) is 6.26 Å². The van der Waals surface area contributed by atoms with Crippen LogP contribution in [-0.2, 0) is 16.4 Å². The summed E-state index contributed by atoms with van der Waals surface area (Å²) >= 11 is 5.91. The van der Waals surface area contributed by atoms with Gasteiger partial charge in [-0.2, -0.15) is 0 Å². The van der Waals surface area contributed by atoms with Gasteiger partial charge >= 0.3 is 0 Å². The predicted octanol–water partition coefficient (Wildman–Crippen LogP) is 2.39. The zero-order chi connectivity index (χ0) is 14.8. The molecule has 0 fully saturated rings. The monoisotopic (exact) mass is 312 g/mol.